The fraction of sp³-hybridized carbons (Fsp3) is 0.240. The van der Waals surface area contributed by atoms with Crippen LogP contribution >= 0.6 is 0 Å². The maximum absolute atomic E-state index is 13.1. The van der Waals surface area contributed by atoms with Gasteiger partial charge in [-0.2, -0.15) is 4.31 Å². The van der Waals surface area contributed by atoms with Crippen molar-refractivity contribution < 1.29 is 17.9 Å². The van der Waals surface area contributed by atoms with Crippen LogP contribution in [0.2, 0.25) is 0 Å². The zero-order valence-electron chi connectivity index (χ0n) is 18.6. The maximum atomic E-state index is 13.1. The molecule has 1 fully saturated rings. The minimum atomic E-state index is -3.58. The number of aryl methyl sites for hydroxylation is 1. The maximum Gasteiger partial charge on any atom is 0.243 e. The molecule has 0 aliphatic carbocycles. The van der Waals surface area contributed by atoms with E-state index in [-0.39, 0.29) is 4.90 Å². The monoisotopic (exact) mass is 463 g/mol. The molecule has 8 heteroatoms. The van der Waals surface area contributed by atoms with Crippen molar-refractivity contribution >= 4 is 21.5 Å². The molecule has 3 aromatic rings. The van der Waals surface area contributed by atoms with Crippen molar-refractivity contribution in [1.29, 1.82) is 0 Å². The van der Waals surface area contributed by atoms with Crippen molar-refractivity contribution in [1.82, 2.24) is 9.21 Å². The van der Waals surface area contributed by atoms with Gasteiger partial charge in [0.1, 0.15) is 23.0 Å². The van der Waals surface area contributed by atoms with Crippen LogP contribution in [0.5, 0.6) is 17.2 Å². The first kappa shape index (κ1) is 21.5. The topological polar surface area (TPSA) is 71.4 Å². The first-order chi connectivity index (χ1) is 16.0. The molecule has 0 bridgehead atoms. The van der Waals surface area contributed by atoms with E-state index in [4.69, 9.17) is 14.5 Å². The van der Waals surface area contributed by atoms with Crippen molar-refractivity contribution in [3.8, 4) is 17.2 Å². The van der Waals surface area contributed by atoms with Gasteiger partial charge in [0, 0.05) is 26.2 Å². The summed E-state index contributed by atoms with van der Waals surface area (Å²) in [6, 6.07) is 20.3. The molecule has 0 spiro atoms. The molecule has 0 N–H and O–H groups in total. The van der Waals surface area contributed by atoms with E-state index in [1.54, 1.807) is 31.4 Å². The van der Waals surface area contributed by atoms with Crippen molar-refractivity contribution in [2.45, 2.75) is 11.8 Å². The highest BCUT2D eigenvalue weighted by Gasteiger charge is 2.31. The fourth-order valence-electron chi connectivity index (χ4n) is 4.11. The quantitative estimate of drug-likeness (QED) is 0.582. The average Bonchev–Trinajstić information content (AvgIpc) is 3.00. The Morgan fingerprint density at radius 3 is 2.36 bits per heavy atom. The molecule has 3 aromatic carbocycles. The van der Waals surface area contributed by atoms with Gasteiger partial charge < -0.3 is 14.4 Å². The van der Waals surface area contributed by atoms with Crippen LogP contribution in [-0.4, -0.2) is 56.7 Å². The number of aliphatic imine (C=N–C) groups is 1. The Labute approximate surface area is 193 Å². The van der Waals surface area contributed by atoms with E-state index in [2.05, 4.69) is 11.0 Å². The number of nitrogens with zero attached hydrogens (tertiary/aromatic N) is 3. The van der Waals surface area contributed by atoms with Crippen LogP contribution in [-0.2, 0) is 10.0 Å². The molecule has 1 saturated heterocycles. The molecule has 2 heterocycles. The lowest BCUT2D eigenvalue weighted by molar-refractivity contribution is 0.266. The highest BCUT2D eigenvalue weighted by molar-refractivity contribution is 7.89. The second kappa shape index (κ2) is 8.53. The van der Waals surface area contributed by atoms with Crippen LogP contribution in [0.1, 0.15) is 11.1 Å². The molecule has 7 nitrogen and oxygen atoms in total. The molecule has 0 aromatic heterocycles. The number of ether oxygens (including phenoxy) is 2. The third-order valence-corrected chi connectivity index (χ3v) is 7.84. The summed E-state index contributed by atoms with van der Waals surface area (Å²) in [5.74, 6) is 2.89. The number of piperazine rings is 1. The number of rotatable bonds is 3. The smallest absolute Gasteiger partial charge is 0.243 e. The lowest BCUT2D eigenvalue weighted by Gasteiger charge is -2.36. The number of methoxy groups -OCH3 is 1. The van der Waals surface area contributed by atoms with E-state index in [0.29, 0.717) is 37.7 Å². The average molecular weight is 464 g/mol. The summed E-state index contributed by atoms with van der Waals surface area (Å²) >= 11 is 0. The first-order valence-electron chi connectivity index (χ1n) is 10.8. The number of sulfonamides is 1. The summed E-state index contributed by atoms with van der Waals surface area (Å²) < 4.78 is 39.1. The molecule has 2 aliphatic heterocycles. The molecule has 33 heavy (non-hydrogen) atoms. The predicted octanol–water partition coefficient (Wildman–Crippen LogP) is 4.19. The van der Waals surface area contributed by atoms with E-state index in [1.165, 1.54) is 4.31 Å². The van der Waals surface area contributed by atoms with Gasteiger partial charge in [0.25, 0.3) is 0 Å². The molecular formula is C25H25N3O4S. The Morgan fingerprint density at radius 1 is 0.909 bits per heavy atom. The molecule has 0 amide bonds. The Hall–Kier alpha value is -3.36. The summed E-state index contributed by atoms with van der Waals surface area (Å²) in [4.78, 5) is 7.36. The van der Waals surface area contributed by atoms with Crippen LogP contribution in [0.15, 0.2) is 76.6 Å². The lowest BCUT2D eigenvalue weighted by Crippen LogP contribution is -2.50. The Morgan fingerprint density at radius 2 is 1.64 bits per heavy atom. The third-order valence-electron chi connectivity index (χ3n) is 5.92. The number of amidine groups is 1. The summed E-state index contributed by atoms with van der Waals surface area (Å²) in [7, 11) is -2.02. The predicted molar refractivity (Wildman–Crippen MR) is 127 cm³/mol. The number of hydrogen-bond acceptors (Lipinski definition) is 6. The minimum Gasteiger partial charge on any atom is -0.497 e. The summed E-state index contributed by atoms with van der Waals surface area (Å²) in [6.45, 7) is 3.84. The van der Waals surface area contributed by atoms with Gasteiger partial charge >= 0.3 is 0 Å². The molecular weight excluding hydrogens is 438 g/mol. The van der Waals surface area contributed by atoms with Crippen LogP contribution in [0.4, 0.5) is 5.69 Å². The minimum absolute atomic E-state index is 0.270. The van der Waals surface area contributed by atoms with Crippen molar-refractivity contribution in [2.75, 3.05) is 33.3 Å². The van der Waals surface area contributed by atoms with Crippen molar-refractivity contribution in [2.24, 2.45) is 4.99 Å². The highest BCUT2D eigenvalue weighted by atomic mass is 32.2. The zero-order chi connectivity index (χ0) is 23.0. The molecule has 0 saturated carbocycles. The summed E-state index contributed by atoms with van der Waals surface area (Å²) in [5, 5.41) is 0. The molecule has 170 valence electrons. The van der Waals surface area contributed by atoms with E-state index in [9.17, 15) is 8.42 Å². The largest absolute Gasteiger partial charge is 0.497 e. The van der Waals surface area contributed by atoms with E-state index in [1.807, 2.05) is 43.3 Å². The normalized spacial score (nSPS) is 16.2. The van der Waals surface area contributed by atoms with Gasteiger partial charge in [-0.1, -0.05) is 23.8 Å². The number of fused-ring (bicyclic) bond motifs is 2. The van der Waals surface area contributed by atoms with Crippen LogP contribution in [0.25, 0.3) is 0 Å². The van der Waals surface area contributed by atoms with Crippen molar-refractivity contribution in [3.05, 3.63) is 77.9 Å². The van der Waals surface area contributed by atoms with Crippen LogP contribution < -0.4 is 9.47 Å². The standard InChI is InChI=1S/C25H25N3O4S/c1-18-7-12-23-21(17-18)25(26-22-5-3-4-6-24(22)32-23)27-13-15-28(16-14-27)33(29,30)20-10-8-19(31-2)9-11-20/h3-12,17H,13-16H2,1-2H3. The number of hydrogen-bond donors (Lipinski definition) is 0. The van der Waals surface area contributed by atoms with Gasteiger partial charge in [0.2, 0.25) is 10.0 Å². The fourth-order valence-corrected chi connectivity index (χ4v) is 5.54. The lowest BCUT2D eigenvalue weighted by atomic mass is 10.1. The number of benzene rings is 3. The Balaban J connectivity index is 1.42. The van der Waals surface area contributed by atoms with E-state index in [0.717, 1.165) is 28.4 Å². The molecule has 2 aliphatic rings. The van der Waals surface area contributed by atoms with Crippen molar-refractivity contribution in [3.63, 3.8) is 0 Å². The molecule has 0 radical (unpaired) electrons. The van der Waals surface area contributed by atoms with Gasteiger partial charge in [0.05, 0.1) is 17.6 Å². The number of para-hydroxylation sites is 2. The SMILES string of the molecule is COc1ccc(S(=O)(=O)N2CCN(C3=Nc4ccccc4Oc4ccc(C)cc43)CC2)cc1. The van der Waals surface area contributed by atoms with Crippen LogP contribution in [0.3, 0.4) is 0 Å². The molecule has 5 rings (SSSR count). The van der Waals surface area contributed by atoms with Gasteiger partial charge in [0.15, 0.2) is 5.75 Å². The highest BCUT2D eigenvalue weighted by Crippen LogP contribution is 2.38. The summed E-state index contributed by atoms with van der Waals surface area (Å²) in [6.07, 6.45) is 0. The Bertz CT molecular complexity index is 1310. The Kier molecular flexibility index (Phi) is 5.55. The second-order valence-electron chi connectivity index (χ2n) is 8.07. The van der Waals surface area contributed by atoms with Crippen LogP contribution in [0, 0.1) is 6.92 Å². The van der Waals surface area contributed by atoms with Gasteiger partial charge in [-0.25, -0.2) is 13.4 Å². The zero-order valence-corrected chi connectivity index (χ0v) is 19.4. The van der Waals surface area contributed by atoms with Gasteiger partial charge in [-0.05, 0) is 55.5 Å². The third kappa shape index (κ3) is 4.07. The molecule has 0 unspecified atom stereocenters. The van der Waals surface area contributed by atoms with Gasteiger partial charge in [-0.3, -0.25) is 0 Å². The summed E-state index contributed by atoms with van der Waals surface area (Å²) in [5.41, 5.74) is 2.78. The van der Waals surface area contributed by atoms with E-state index >= 15 is 0 Å². The van der Waals surface area contributed by atoms with E-state index < -0.39 is 10.0 Å². The first-order valence-corrected chi connectivity index (χ1v) is 12.3. The van der Waals surface area contributed by atoms with Gasteiger partial charge in [-0.15, -0.1) is 0 Å². The second-order valence-corrected chi connectivity index (χ2v) is 10.0. The molecule has 0 atom stereocenters.